The Kier molecular flexibility index (Phi) is 6.86. The third-order valence-electron chi connectivity index (χ3n) is 5.01. The number of hydrogen-bond donors (Lipinski definition) is 0. The Morgan fingerprint density at radius 3 is 2.06 bits per heavy atom. The SMILES string of the molecule is CN1C(C(=O)c2ccc(-c3ccc(C#N)cc3)cc2)=C([O-])c2ccccc2S1(=O)=O.[K+]. The first kappa shape index (κ1) is 23.4. The molecule has 0 aliphatic carbocycles. The molecule has 6 nitrogen and oxygen atoms in total. The van der Waals surface area contributed by atoms with E-state index in [1.165, 1.54) is 25.2 Å². The number of benzene rings is 3. The Morgan fingerprint density at radius 1 is 0.935 bits per heavy atom. The summed E-state index contributed by atoms with van der Waals surface area (Å²) >= 11 is 0. The van der Waals surface area contributed by atoms with Gasteiger partial charge in [0.15, 0.2) is 0 Å². The molecule has 1 aliphatic heterocycles. The maximum atomic E-state index is 13.0. The van der Waals surface area contributed by atoms with Gasteiger partial charge in [-0.3, -0.25) is 9.10 Å². The van der Waals surface area contributed by atoms with Gasteiger partial charge in [-0.2, -0.15) is 5.26 Å². The van der Waals surface area contributed by atoms with E-state index in [1.54, 1.807) is 54.6 Å². The van der Waals surface area contributed by atoms with E-state index in [4.69, 9.17) is 5.26 Å². The maximum Gasteiger partial charge on any atom is 1.00 e. The number of Topliss-reactive ketones (excluding diaryl/α,β-unsaturated/α-hetero) is 1. The van der Waals surface area contributed by atoms with Crippen molar-refractivity contribution >= 4 is 21.6 Å². The fraction of sp³-hybridized carbons (Fsp3) is 0.0435. The minimum Gasteiger partial charge on any atom is -0.871 e. The van der Waals surface area contributed by atoms with Crippen LogP contribution in [0.3, 0.4) is 0 Å². The minimum atomic E-state index is -3.99. The second-order valence-corrected chi connectivity index (χ2v) is 8.68. The molecular formula is C23H15KN2O4S. The Labute approximate surface area is 222 Å². The van der Waals surface area contributed by atoms with Gasteiger partial charge in [0, 0.05) is 12.6 Å². The molecule has 0 spiro atoms. The number of likely N-dealkylation sites (N-methyl/N-ethyl adjacent to an activating group) is 1. The van der Waals surface area contributed by atoms with Gasteiger partial charge >= 0.3 is 51.4 Å². The number of allylic oxidation sites excluding steroid dienone is 1. The van der Waals surface area contributed by atoms with Crippen LogP contribution in [-0.2, 0) is 10.0 Å². The molecule has 1 heterocycles. The summed E-state index contributed by atoms with van der Waals surface area (Å²) in [7, 11) is -2.78. The second kappa shape index (κ2) is 9.08. The number of sulfonamides is 1. The molecular weight excluding hydrogens is 439 g/mol. The Morgan fingerprint density at radius 2 is 1.48 bits per heavy atom. The smallest absolute Gasteiger partial charge is 0.871 e. The summed E-state index contributed by atoms with van der Waals surface area (Å²) in [6.07, 6.45) is 0. The maximum absolute atomic E-state index is 13.0. The average molecular weight is 455 g/mol. The van der Waals surface area contributed by atoms with Crippen molar-refractivity contribution < 1.29 is 69.7 Å². The van der Waals surface area contributed by atoms with Crippen LogP contribution < -0.4 is 56.5 Å². The van der Waals surface area contributed by atoms with Gasteiger partial charge in [0.25, 0.3) is 10.0 Å². The van der Waals surface area contributed by atoms with Gasteiger partial charge in [-0.25, -0.2) is 8.42 Å². The molecule has 0 bridgehead atoms. The van der Waals surface area contributed by atoms with Crippen molar-refractivity contribution in [1.82, 2.24) is 4.31 Å². The molecule has 4 rings (SSSR count). The molecule has 0 aromatic heterocycles. The number of carbonyl (C=O) groups excluding carboxylic acids is 1. The van der Waals surface area contributed by atoms with Crippen LogP contribution >= 0.6 is 0 Å². The molecule has 0 fully saturated rings. The molecule has 3 aromatic carbocycles. The molecule has 3 aromatic rings. The van der Waals surface area contributed by atoms with Crippen LogP contribution in [0.2, 0.25) is 0 Å². The summed E-state index contributed by atoms with van der Waals surface area (Å²) in [6.45, 7) is 0. The largest absolute Gasteiger partial charge is 1.00 e. The van der Waals surface area contributed by atoms with Crippen LogP contribution in [0.4, 0.5) is 0 Å². The van der Waals surface area contributed by atoms with Crippen LogP contribution in [0, 0.1) is 11.3 Å². The van der Waals surface area contributed by atoms with Gasteiger partial charge in [0.05, 0.1) is 22.2 Å². The van der Waals surface area contributed by atoms with Gasteiger partial charge in [-0.05, 0) is 34.9 Å². The van der Waals surface area contributed by atoms with Crippen LogP contribution in [0.5, 0.6) is 0 Å². The summed E-state index contributed by atoms with van der Waals surface area (Å²) in [5.74, 6) is -1.28. The Balaban J connectivity index is 0.00000272. The molecule has 0 radical (unpaired) electrons. The van der Waals surface area contributed by atoms with Crippen molar-refractivity contribution in [3.63, 3.8) is 0 Å². The van der Waals surface area contributed by atoms with Gasteiger partial charge in [0.1, 0.15) is 0 Å². The molecule has 0 saturated heterocycles. The Bertz CT molecular complexity index is 1340. The van der Waals surface area contributed by atoms with E-state index in [2.05, 4.69) is 6.07 Å². The quantitative estimate of drug-likeness (QED) is 0.402. The molecule has 148 valence electrons. The van der Waals surface area contributed by atoms with Crippen LogP contribution in [0.25, 0.3) is 16.9 Å². The second-order valence-electron chi connectivity index (χ2n) is 6.74. The zero-order chi connectivity index (χ0) is 21.5. The van der Waals surface area contributed by atoms with Crippen molar-refractivity contribution in [3.8, 4) is 17.2 Å². The topological polar surface area (TPSA) is 101 Å². The van der Waals surface area contributed by atoms with Crippen LogP contribution in [0.1, 0.15) is 21.5 Å². The number of ketones is 1. The standard InChI is InChI=1S/C23H16N2O4S.K/c1-25-21(23(27)19-4-2-3-5-20(19)30(25,28)29)22(26)18-12-10-17(11-13-18)16-8-6-15(14-24)7-9-16;/h2-13,27H,1H3;/q;+1/p-1. The third-order valence-corrected chi connectivity index (χ3v) is 6.83. The summed E-state index contributed by atoms with van der Waals surface area (Å²) in [4.78, 5) is 12.9. The zero-order valence-electron chi connectivity index (χ0n) is 16.9. The van der Waals surface area contributed by atoms with E-state index in [0.29, 0.717) is 5.56 Å². The van der Waals surface area contributed by atoms with E-state index < -0.39 is 27.3 Å². The fourth-order valence-corrected chi connectivity index (χ4v) is 4.74. The van der Waals surface area contributed by atoms with Gasteiger partial charge in [0.2, 0.25) is 5.78 Å². The number of carbonyl (C=O) groups is 1. The first-order valence-corrected chi connectivity index (χ1v) is 10.4. The number of nitriles is 1. The van der Waals surface area contributed by atoms with Gasteiger partial charge in [-0.1, -0.05) is 60.4 Å². The molecule has 0 N–H and O–H groups in total. The van der Waals surface area contributed by atoms with Crippen LogP contribution in [0.15, 0.2) is 83.4 Å². The molecule has 0 atom stereocenters. The normalized spacial score (nSPS) is 14.3. The molecule has 1 aliphatic rings. The minimum absolute atomic E-state index is 0. The Hall–Kier alpha value is -2.25. The predicted molar refractivity (Wildman–Crippen MR) is 109 cm³/mol. The number of nitrogens with zero attached hydrogens (tertiary/aromatic N) is 2. The molecule has 0 amide bonds. The monoisotopic (exact) mass is 454 g/mol. The molecule has 0 unspecified atom stereocenters. The molecule has 31 heavy (non-hydrogen) atoms. The van der Waals surface area contributed by atoms with Crippen molar-refractivity contribution in [2.45, 2.75) is 4.90 Å². The van der Waals surface area contributed by atoms with Crippen molar-refractivity contribution in [2.24, 2.45) is 0 Å². The first-order chi connectivity index (χ1) is 14.3. The van der Waals surface area contributed by atoms with Gasteiger partial charge < -0.3 is 5.11 Å². The van der Waals surface area contributed by atoms with Crippen molar-refractivity contribution in [1.29, 1.82) is 5.26 Å². The molecule has 0 saturated carbocycles. The zero-order valence-corrected chi connectivity index (χ0v) is 20.8. The van der Waals surface area contributed by atoms with E-state index in [1.807, 2.05) is 0 Å². The first-order valence-electron chi connectivity index (χ1n) is 8.99. The fourth-order valence-electron chi connectivity index (χ4n) is 3.35. The van der Waals surface area contributed by atoms with Gasteiger partial charge in [-0.15, -0.1) is 0 Å². The third kappa shape index (κ3) is 4.13. The van der Waals surface area contributed by atoms with Crippen molar-refractivity contribution in [2.75, 3.05) is 7.05 Å². The van der Waals surface area contributed by atoms with Crippen LogP contribution in [-0.4, -0.2) is 25.6 Å². The summed E-state index contributed by atoms with van der Waals surface area (Å²) in [6, 6.07) is 21.4. The average Bonchev–Trinajstić information content (AvgIpc) is 2.78. The number of fused-ring (bicyclic) bond motifs is 1. The van der Waals surface area contributed by atoms with E-state index >= 15 is 0 Å². The predicted octanol–water partition coefficient (Wildman–Crippen LogP) is -0.225. The molecule has 8 heteroatoms. The van der Waals surface area contributed by atoms with E-state index in [9.17, 15) is 18.3 Å². The van der Waals surface area contributed by atoms with Crippen molar-refractivity contribution in [3.05, 3.63) is 95.2 Å². The number of hydrogen-bond acceptors (Lipinski definition) is 5. The number of rotatable bonds is 3. The summed E-state index contributed by atoms with van der Waals surface area (Å²) in [5.41, 5.74) is 2.03. The summed E-state index contributed by atoms with van der Waals surface area (Å²) in [5, 5.41) is 21.8. The van der Waals surface area contributed by atoms with E-state index in [0.717, 1.165) is 15.4 Å². The van der Waals surface area contributed by atoms with E-state index in [-0.39, 0.29) is 67.4 Å². The summed E-state index contributed by atoms with van der Waals surface area (Å²) < 4.78 is 26.3.